The second kappa shape index (κ2) is 6.35. The number of benzene rings is 1. The van der Waals surface area contributed by atoms with Crippen molar-refractivity contribution in [2.75, 3.05) is 13.2 Å². The Bertz CT molecular complexity index is 695. The minimum absolute atomic E-state index is 0.00523. The van der Waals surface area contributed by atoms with Crippen molar-refractivity contribution in [1.29, 1.82) is 0 Å². The normalized spacial score (nSPS) is 15.4. The minimum atomic E-state index is -0.700. The molecule has 0 aliphatic carbocycles. The molecule has 0 radical (unpaired) electrons. The van der Waals surface area contributed by atoms with Gasteiger partial charge in [0.05, 0.1) is 24.4 Å². The van der Waals surface area contributed by atoms with Crippen molar-refractivity contribution in [2.24, 2.45) is 0 Å². The second-order valence-corrected chi connectivity index (χ2v) is 5.01. The molecule has 1 N–H and O–H groups in total. The van der Waals surface area contributed by atoms with Crippen LogP contribution in [0.2, 0.25) is 0 Å². The zero-order valence-corrected chi connectivity index (χ0v) is 12.1. The summed E-state index contributed by atoms with van der Waals surface area (Å²) in [5, 5.41) is 2.80. The lowest BCUT2D eigenvalue weighted by atomic mass is 10.1. The largest absolute Gasteiger partial charge is 0.472 e. The van der Waals surface area contributed by atoms with Crippen LogP contribution in [-0.2, 0) is 9.53 Å². The number of rotatable bonds is 5. The number of nitrogens with zero attached hydrogens (tertiary/aromatic N) is 1. The Morgan fingerprint density at radius 3 is 2.61 bits per heavy atom. The predicted octanol–water partition coefficient (Wildman–Crippen LogP) is 1.73. The highest BCUT2D eigenvalue weighted by Crippen LogP contribution is 2.18. The van der Waals surface area contributed by atoms with E-state index in [0.717, 1.165) is 10.5 Å². The number of imide groups is 1. The summed E-state index contributed by atoms with van der Waals surface area (Å²) in [5.74, 6) is -0.777. The Labute approximate surface area is 131 Å². The molecule has 0 bridgehead atoms. The number of cyclic esters (lactones) is 1. The van der Waals surface area contributed by atoms with Gasteiger partial charge in [0, 0.05) is 0 Å². The number of ether oxygens (including phenoxy) is 1. The number of carbonyl (C=O) groups excluding carboxylic acids is 3. The first kappa shape index (κ1) is 14.8. The predicted molar refractivity (Wildman–Crippen MR) is 78.4 cm³/mol. The lowest BCUT2D eigenvalue weighted by molar-refractivity contribution is -0.126. The van der Waals surface area contributed by atoms with Crippen molar-refractivity contribution >= 4 is 17.9 Å². The molecule has 0 spiro atoms. The number of hydrogen-bond donors (Lipinski definition) is 1. The van der Waals surface area contributed by atoms with Gasteiger partial charge in [0.15, 0.2) is 6.61 Å². The highest BCUT2D eigenvalue weighted by Gasteiger charge is 2.33. The number of hydrogen-bond acceptors (Lipinski definition) is 5. The molecule has 1 atom stereocenters. The van der Waals surface area contributed by atoms with Crippen LogP contribution in [0.4, 0.5) is 4.79 Å². The molecule has 118 valence electrons. The van der Waals surface area contributed by atoms with Gasteiger partial charge in [-0.25, -0.2) is 9.69 Å². The maximum Gasteiger partial charge on any atom is 0.417 e. The Balaban J connectivity index is 1.81. The first-order chi connectivity index (χ1) is 11.1. The van der Waals surface area contributed by atoms with Gasteiger partial charge in [0.1, 0.15) is 6.26 Å². The summed E-state index contributed by atoms with van der Waals surface area (Å²) in [6.07, 6.45) is 2.02. The van der Waals surface area contributed by atoms with Crippen LogP contribution in [0.5, 0.6) is 0 Å². The lowest BCUT2D eigenvalue weighted by Gasteiger charge is -2.22. The smallest absolute Gasteiger partial charge is 0.417 e. The third-order valence-electron chi connectivity index (χ3n) is 3.50. The molecule has 7 heteroatoms. The maximum atomic E-state index is 12.2. The van der Waals surface area contributed by atoms with Crippen LogP contribution in [0.15, 0.2) is 53.3 Å². The molecule has 1 aromatic heterocycles. The molecular weight excluding hydrogens is 300 g/mol. The molecule has 2 heterocycles. The summed E-state index contributed by atoms with van der Waals surface area (Å²) in [4.78, 5) is 36.6. The van der Waals surface area contributed by atoms with Crippen LogP contribution < -0.4 is 5.32 Å². The van der Waals surface area contributed by atoms with E-state index in [0.29, 0.717) is 5.56 Å². The maximum absolute atomic E-state index is 12.2. The standard InChI is InChI=1S/C16H14N2O5/c19-14-10-23-16(21)18(14)8-13(11-4-2-1-3-5-11)17-15(20)12-6-7-22-9-12/h1-7,9,13H,8,10H2,(H,17,20)/t13-/m1/s1. The SMILES string of the molecule is O=C(N[C@H](CN1C(=O)COC1=O)c1ccccc1)c1ccoc1. The van der Waals surface area contributed by atoms with Crippen LogP contribution in [-0.4, -0.2) is 36.0 Å². The zero-order valence-electron chi connectivity index (χ0n) is 12.1. The third kappa shape index (κ3) is 3.23. The number of amides is 3. The van der Waals surface area contributed by atoms with Gasteiger partial charge in [0.2, 0.25) is 0 Å². The fourth-order valence-electron chi connectivity index (χ4n) is 2.30. The van der Waals surface area contributed by atoms with E-state index in [-0.39, 0.29) is 19.1 Å². The van der Waals surface area contributed by atoms with E-state index in [1.165, 1.54) is 18.6 Å². The fourth-order valence-corrected chi connectivity index (χ4v) is 2.30. The number of furan rings is 1. The van der Waals surface area contributed by atoms with E-state index >= 15 is 0 Å². The first-order valence-corrected chi connectivity index (χ1v) is 7.00. The van der Waals surface area contributed by atoms with E-state index in [9.17, 15) is 14.4 Å². The highest BCUT2D eigenvalue weighted by atomic mass is 16.6. The second-order valence-electron chi connectivity index (χ2n) is 5.01. The van der Waals surface area contributed by atoms with Gasteiger partial charge in [-0.2, -0.15) is 0 Å². The van der Waals surface area contributed by atoms with Gasteiger partial charge in [-0.1, -0.05) is 30.3 Å². The molecule has 23 heavy (non-hydrogen) atoms. The number of carbonyl (C=O) groups is 3. The van der Waals surface area contributed by atoms with Gasteiger partial charge >= 0.3 is 6.09 Å². The monoisotopic (exact) mass is 314 g/mol. The van der Waals surface area contributed by atoms with Crippen molar-refractivity contribution in [2.45, 2.75) is 6.04 Å². The Hall–Kier alpha value is -3.09. The molecular formula is C16H14N2O5. The molecule has 1 saturated heterocycles. The van der Waals surface area contributed by atoms with Gasteiger partial charge < -0.3 is 14.5 Å². The van der Waals surface area contributed by atoms with E-state index < -0.39 is 18.0 Å². The van der Waals surface area contributed by atoms with Gasteiger partial charge in [-0.05, 0) is 11.6 Å². The number of nitrogens with one attached hydrogen (secondary N) is 1. The topological polar surface area (TPSA) is 88.9 Å². The van der Waals surface area contributed by atoms with E-state index in [1.54, 1.807) is 0 Å². The highest BCUT2D eigenvalue weighted by molar-refractivity contribution is 5.98. The van der Waals surface area contributed by atoms with Crippen molar-refractivity contribution in [1.82, 2.24) is 10.2 Å². The average molecular weight is 314 g/mol. The summed E-state index contributed by atoms with van der Waals surface area (Å²) in [6.45, 7) is -0.263. The molecule has 0 unspecified atom stereocenters. The van der Waals surface area contributed by atoms with E-state index in [1.807, 2.05) is 30.3 Å². The molecule has 1 aromatic carbocycles. The van der Waals surface area contributed by atoms with E-state index in [4.69, 9.17) is 9.15 Å². The van der Waals surface area contributed by atoms with Crippen LogP contribution in [0.25, 0.3) is 0 Å². The summed E-state index contributed by atoms with van der Waals surface area (Å²) in [7, 11) is 0. The molecule has 1 fully saturated rings. The van der Waals surface area contributed by atoms with Crippen molar-refractivity contribution in [3.05, 3.63) is 60.1 Å². The lowest BCUT2D eigenvalue weighted by Crippen LogP contribution is -2.40. The fraction of sp³-hybridized carbons (Fsp3) is 0.188. The third-order valence-corrected chi connectivity index (χ3v) is 3.50. The van der Waals surface area contributed by atoms with Crippen LogP contribution >= 0.6 is 0 Å². The minimum Gasteiger partial charge on any atom is -0.472 e. The summed E-state index contributed by atoms with van der Waals surface area (Å²) in [6, 6.07) is 10.1. The van der Waals surface area contributed by atoms with Crippen molar-refractivity contribution in [3.8, 4) is 0 Å². The van der Waals surface area contributed by atoms with Crippen LogP contribution in [0, 0.1) is 0 Å². The summed E-state index contributed by atoms with van der Waals surface area (Å²) in [5.41, 5.74) is 1.14. The Kier molecular flexibility index (Phi) is 4.09. The molecule has 2 aromatic rings. The van der Waals surface area contributed by atoms with Gasteiger partial charge in [-0.3, -0.25) is 9.59 Å². The van der Waals surface area contributed by atoms with Crippen molar-refractivity contribution < 1.29 is 23.5 Å². The molecule has 1 aliphatic rings. The average Bonchev–Trinajstić information content (AvgIpc) is 3.20. The van der Waals surface area contributed by atoms with E-state index in [2.05, 4.69) is 5.32 Å². The summed E-state index contributed by atoms with van der Waals surface area (Å²) < 4.78 is 9.59. The Morgan fingerprint density at radius 2 is 2.00 bits per heavy atom. The zero-order chi connectivity index (χ0) is 16.2. The van der Waals surface area contributed by atoms with Gasteiger partial charge in [-0.15, -0.1) is 0 Å². The van der Waals surface area contributed by atoms with Crippen LogP contribution in [0.1, 0.15) is 22.0 Å². The molecule has 0 saturated carbocycles. The molecule has 3 amide bonds. The Morgan fingerprint density at radius 1 is 1.22 bits per heavy atom. The first-order valence-electron chi connectivity index (χ1n) is 7.00. The molecule has 1 aliphatic heterocycles. The van der Waals surface area contributed by atoms with Crippen molar-refractivity contribution in [3.63, 3.8) is 0 Å². The van der Waals surface area contributed by atoms with Crippen LogP contribution in [0.3, 0.4) is 0 Å². The quantitative estimate of drug-likeness (QED) is 0.908. The molecule has 7 nitrogen and oxygen atoms in total. The summed E-state index contributed by atoms with van der Waals surface area (Å²) >= 11 is 0. The van der Waals surface area contributed by atoms with Gasteiger partial charge in [0.25, 0.3) is 11.8 Å². The molecule has 3 rings (SSSR count).